The number of hydrogen-bond donors (Lipinski definition) is 1. The molecule has 0 saturated heterocycles. The van der Waals surface area contributed by atoms with Crippen LogP contribution in [-0.2, 0) is 13.0 Å². The first-order chi connectivity index (χ1) is 10.2. The Morgan fingerprint density at radius 3 is 2.33 bits per heavy atom. The molecule has 0 aliphatic rings. The lowest BCUT2D eigenvalue weighted by Crippen LogP contribution is -2.24. The topological polar surface area (TPSA) is 42.7 Å². The molecule has 1 atom stereocenters. The number of aryl methyl sites for hydroxylation is 1. The van der Waals surface area contributed by atoms with Gasteiger partial charge in [-0.1, -0.05) is 45.0 Å². The van der Waals surface area contributed by atoms with Crippen LogP contribution in [0.4, 0.5) is 0 Å². The SMILES string of the molecule is CCNC(Cc1ncnn1CC)c1ccc(C(C)C)cc1. The fraction of sp³-hybridized carbons (Fsp3) is 0.529. The first-order valence-corrected chi connectivity index (χ1v) is 7.85. The van der Waals surface area contributed by atoms with Gasteiger partial charge in [-0.05, 0) is 30.5 Å². The van der Waals surface area contributed by atoms with Crippen LogP contribution in [0, 0.1) is 0 Å². The Morgan fingerprint density at radius 1 is 1.10 bits per heavy atom. The van der Waals surface area contributed by atoms with E-state index < -0.39 is 0 Å². The zero-order valence-corrected chi connectivity index (χ0v) is 13.5. The predicted octanol–water partition coefficient (Wildman–Crippen LogP) is 3.31. The van der Waals surface area contributed by atoms with Crippen molar-refractivity contribution in [1.82, 2.24) is 20.1 Å². The van der Waals surface area contributed by atoms with E-state index >= 15 is 0 Å². The summed E-state index contributed by atoms with van der Waals surface area (Å²) in [7, 11) is 0. The molecule has 0 aliphatic heterocycles. The van der Waals surface area contributed by atoms with Crippen molar-refractivity contribution in [3.8, 4) is 0 Å². The molecular formula is C17H26N4. The zero-order valence-electron chi connectivity index (χ0n) is 13.5. The second-order valence-corrected chi connectivity index (χ2v) is 5.63. The Kier molecular flexibility index (Phi) is 5.51. The Balaban J connectivity index is 2.18. The highest BCUT2D eigenvalue weighted by Gasteiger charge is 2.15. The molecule has 0 radical (unpaired) electrons. The molecule has 1 aromatic heterocycles. The lowest BCUT2D eigenvalue weighted by molar-refractivity contribution is 0.509. The van der Waals surface area contributed by atoms with E-state index in [-0.39, 0.29) is 6.04 Å². The van der Waals surface area contributed by atoms with Crippen LogP contribution in [0.25, 0.3) is 0 Å². The van der Waals surface area contributed by atoms with Crippen molar-refractivity contribution in [3.05, 3.63) is 47.5 Å². The highest BCUT2D eigenvalue weighted by molar-refractivity contribution is 5.27. The van der Waals surface area contributed by atoms with Crippen molar-refractivity contribution in [1.29, 1.82) is 0 Å². The van der Waals surface area contributed by atoms with Gasteiger partial charge in [0.15, 0.2) is 0 Å². The molecule has 0 saturated carbocycles. The molecule has 0 spiro atoms. The fourth-order valence-corrected chi connectivity index (χ4v) is 2.56. The van der Waals surface area contributed by atoms with Crippen LogP contribution in [-0.4, -0.2) is 21.3 Å². The summed E-state index contributed by atoms with van der Waals surface area (Å²) in [6, 6.07) is 9.21. The Morgan fingerprint density at radius 2 is 1.76 bits per heavy atom. The van der Waals surface area contributed by atoms with Crippen molar-refractivity contribution in [3.63, 3.8) is 0 Å². The van der Waals surface area contributed by atoms with Gasteiger partial charge in [-0.25, -0.2) is 4.98 Å². The molecule has 1 heterocycles. The highest BCUT2D eigenvalue weighted by Crippen LogP contribution is 2.21. The first kappa shape index (κ1) is 15.7. The molecule has 1 aromatic carbocycles. The van der Waals surface area contributed by atoms with Crippen LogP contribution in [0.3, 0.4) is 0 Å². The van der Waals surface area contributed by atoms with Gasteiger partial charge in [0.1, 0.15) is 12.2 Å². The monoisotopic (exact) mass is 286 g/mol. The summed E-state index contributed by atoms with van der Waals surface area (Å²) in [4.78, 5) is 4.39. The summed E-state index contributed by atoms with van der Waals surface area (Å²) in [5, 5.41) is 7.81. The molecule has 1 N–H and O–H groups in total. The standard InChI is InChI=1S/C17H26N4/c1-5-18-16(11-17-19-12-20-21(17)6-2)15-9-7-14(8-10-15)13(3)4/h7-10,12-13,16,18H,5-6,11H2,1-4H3. The second kappa shape index (κ2) is 7.36. The van der Waals surface area contributed by atoms with Gasteiger partial charge < -0.3 is 5.32 Å². The van der Waals surface area contributed by atoms with E-state index in [1.54, 1.807) is 6.33 Å². The van der Waals surface area contributed by atoms with E-state index in [0.717, 1.165) is 25.3 Å². The molecule has 1 unspecified atom stereocenters. The lowest BCUT2D eigenvalue weighted by atomic mass is 9.97. The minimum Gasteiger partial charge on any atom is -0.310 e. The van der Waals surface area contributed by atoms with Gasteiger partial charge in [0.05, 0.1) is 0 Å². The third-order valence-electron chi connectivity index (χ3n) is 3.84. The van der Waals surface area contributed by atoms with Crippen LogP contribution >= 0.6 is 0 Å². The minimum absolute atomic E-state index is 0.283. The largest absolute Gasteiger partial charge is 0.310 e. The van der Waals surface area contributed by atoms with Crippen LogP contribution in [0.2, 0.25) is 0 Å². The van der Waals surface area contributed by atoms with Crippen molar-refractivity contribution in [2.45, 2.75) is 52.6 Å². The molecular weight excluding hydrogens is 260 g/mol. The highest BCUT2D eigenvalue weighted by atomic mass is 15.3. The van der Waals surface area contributed by atoms with Crippen LogP contribution in [0.5, 0.6) is 0 Å². The van der Waals surface area contributed by atoms with Crippen molar-refractivity contribution < 1.29 is 0 Å². The molecule has 4 nitrogen and oxygen atoms in total. The lowest BCUT2D eigenvalue weighted by Gasteiger charge is -2.19. The molecule has 2 rings (SSSR count). The van der Waals surface area contributed by atoms with Gasteiger partial charge in [-0.2, -0.15) is 5.10 Å². The summed E-state index contributed by atoms with van der Waals surface area (Å²) in [6.45, 7) is 10.5. The average Bonchev–Trinajstić information content (AvgIpc) is 2.94. The number of rotatable bonds is 7. The third-order valence-corrected chi connectivity index (χ3v) is 3.84. The minimum atomic E-state index is 0.283. The zero-order chi connectivity index (χ0) is 15.2. The normalized spacial score (nSPS) is 12.8. The van der Waals surface area contributed by atoms with Crippen LogP contribution in [0.15, 0.2) is 30.6 Å². The third kappa shape index (κ3) is 3.91. The van der Waals surface area contributed by atoms with Crippen molar-refractivity contribution >= 4 is 0 Å². The Hall–Kier alpha value is -1.68. The maximum Gasteiger partial charge on any atom is 0.138 e. The van der Waals surface area contributed by atoms with Gasteiger partial charge >= 0.3 is 0 Å². The maximum absolute atomic E-state index is 4.39. The van der Waals surface area contributed by atoms with Gasteiger partial charge in [0.2, 0.25) is 0 Å². The van der Waals surface area contributed by atoms with Gasteiger partial charge in [0, 0.05) is 19.0 Å². The van der Waals surface area contributed by atoms with E-state index in [1.165, 1.54) is 11.1 Å². The summed E-state index contributed by atoms with van der Waals surface area (Å²) in [5.74, 6) is 1.61. The van der Waals surface area contributed by atoms with Gasteiger partial charge in [0.25, 0.3) is 0 Å². The van der Waals surface area contributed by atoms with Gasteiger partial charge in [-0.3, -0.25) is 4.68 Å². The Labute approximate surface area is 127 Å². The maximum atomic E-state index is 4.39. The number of benzene rings is 1. The number of hydrogen-bond acceptors (Lipinski definition) is 3. The van der Waals surface area contributed by atoms with E-state index in [2.05, 4.69) is 67.4 Å². The summed E-state index contributed by atoms with van der Waals surface area (Å²) in [6.07, 6.45) is 2.51. The summed E-state index contributed by atoms with van der Waals surface area (Å²) >= 11 is 0. The molecule has 0 aliphatic carbocycles. The van der Waals surface area contributed by atoms with Crippen molar-refractivity contribution in [2.75, 3.05) is 6.54 Å². The fourth-order valence-electron chi connectivity index (χ4n) is 2.56. The average molecular weight is 286 g/mol. The number of aromatic nitrogens is 3. The molecule has 2 aromatic rings. The van der Waals surface area contributed by atoms with E-state index in [9.17, 15) is 0 Å². The van der Waals surface area contributed by atoms with E-state index in [0.29, 0.717) is 5.92 Å². The predicted molar refractivity (Wildman–Crippen MR) is 86.3 cm³/mol. The van der Waals surface area contributed by atoms with Gasteiger partial charge in [-0.15, -0.1) is 0 Å². The molecule has 114 valence electrons. The molecule has 21 heavy (non-hydrogen) atoms. The van der Waals surface area contributed by atoms with Crippen LogP contribution in [0.1, 0.15) is 56.6 Å². The molecule has 0 bridgehead atoms. The first-order valence-electron chi connectivity index (χ1n) is 7.85. The second-order valence-electron chi connectivity index (χ2n) is 5.63. The summed E-state index contributed by atoms with van der Waals surface area (Å²) < 4.78 is 1.97. The van der Waals surface area contributed by atoms with Crippen LogP contribution < -0.4 is 5.32 Å². The van der Waals surface area contributed by atoms with E-state index in [1.807, 2.05) is 4.68 Å². The molecule has 0 amide bonds. The molecule has 0 fully saturated rings. The number of likely N-dealkylation sites (N-methyl/N-ethyl adjacent to an activating group) is 1. The molecule has 4 heteroatoms. The Bertz CT molecular complexity index is 542. The summed E-state index contributed by atoms with van der Waals surface area (Å²) in [5.41, 5.74) is 2.69. The quantitative estimate of drug-likeness (QED) is 0.849. The number of nitrogens with zero attached hydrogens (tertiary/aromatic N) is 3. The van der Waals surface area contributed by atoms with E-state index in [4.69, 9.17) is 0 Å². The van der Waals surface area contributed by atoms with Crippen molar-refractivity contribution in [2.24, 2.45) is 0 Å². The smallest absolute Gasteiger partial charge is 0.138 e. The number of nitrogens with one attached hydrogen (secondary N) is 1.